The van der Waals surface area contributed by atoms with Gasteiger partial charge in [0.15, 0.2) is 11.4 Å². The van der Waals surface area contributed by atoms with Crippen LogP contribution >= 0.6 is 0 Å². The Bertz CT molecular complexity index is 1040. The molecule has 2 unspecified atom stereocenters. The summed E-state index contributed by atoms with van der Waals surface area (Å²) in [5.41, 5.74) is -0.746. The summed E-state index contributed by atoms with van der Waals surface area (Å²) in [6, 6.07) is 3.30. The van der Waals surface area contributed by atoms with E-state index in [4.69, 9.17) is 18.6 Å². The first-order chi connectivity index (χ1) is 14.2. The minimum Gasteiger partial charge on any atom is -0.505 e. The first kappa shape index (κ1) is 20.7. The van der Waals surface area contributed by atoms with Crippen LogP contribution in [0.5, 0.6) is 11.5 Å². The molecular formula is C22H27NO7. The molecule has 1 saturated heterocycles. The van der Waals surface area contributed by atoms with Crippen LogP contribution in [0.2, 0.25) is 0 Å². The first-order valence-electron chi connectivity index (χ1n) is 10.2. The van der Waals surface area contributed by atoms with E-state index >= 15 is 0 Å². The van der Waals surface area contributed by atoms with Crippen molar-refractivity contribution in [3.8, 4) is 11.5 Å². The summed E-state index contributed by atoms with van der Waals surface area (Å²) in [7, 11) is 1.67. The fraction of sp³-hybridized carbons (Fsp3) is 0.545. The molecule has 162 valence electrons. The standard InChI is InChI=1S/C22H27NO7/c1-11-14(28-16-10-9-15(27-4)22(2,3)30-16)8-7-13-18(24)17(21(26)29-19(11)13)23-20(25)12-5-6-12/h7-8,12,15-16,24H,5-6,9-10H2,1-4H3,(H,23,25). The maximum Gasteiger partial charge on any atom is 0.364 e. The second kappa shape index (κ2) is 7.59. The molecule has 4 rings (SSSR count). The average molecular weight is 417 g/mol. The number of fused-ring (bicyclic) bond motifs is 1. The summed E-state index contributed by atoms with van der Waals surface area (Å²) in [5.74, 6) is -0.186. The number of carbonyl (C=O) groups excluding carboxylic acids is 1. The van der Waals surface area contributed by atoms with Gasteiger partial charge in [-0.05, 0) is 52.2 Å². The van der Waals surface area contributed by atoms with Crippen LogP contribution in [0, 0.1) is 12.8 Å². The van der Waals surface area contributed by atoms with Crippen LogP contribution in [0.25, 0.3) is 11.0 Å². The van der Waals surface area contributed by atoms with Gasteiger partial charge in [0, 0.05) is 25.0 Å². The molecule has 8 heteroatoms. The van der Waals surface area contributed by atoms with Gasteiger partial charge in [0.1, 0.15) is 11.3 Å². The maximum atomic E-state index is 12.4. The molecule has 1 amide bonds. The van der Waals surface area contributed by atoms with Gasteiger partial charge in [-0.1, -0.05) is 0 Å². The molecule has 1 aromatic carbocycles. The highest BCUT2D eigenvalue weighted by Gasteiger charge is 2.39. The van der Waals surface area contributed by atoms with Crippen LogP contribution in [0.4, 0.5) is 5.69 Å². The highest BCUT2D eigenvalue weighted by atomic mass is 16.7. The lowest BCUT2D eigenvalue weighted by molar-refractivity contribution is -0.233. The molecule has 1 aromatic heterocycles. The number of methoxy groups -OCH3 is 1. The van der Waals surface area contributed by atoms with Gasteiger partial charge in [-0.15, -0.1) is 0 Å². The predicted molar refractivity (Wildman–Crippen MR) is 110 cm³/mol. The number of rotatable bonds is 5. The fourth-order valence-electron chi connectivity index (χ4n) is 3.91. The van der Waals surface area contributed by atoms with Gasteiger partial charge >= 0.3 is 5.63 Å². The van der Waals surface area contributed by atoms with E-state index < -0.39 is 17.5 Å². The van der Waals surface area contributed by atoms with E-state index in [0.717, 1.165) is 19.3 Å². The summed E-state index contributed by atoms with van der Waals surface area (Å²) in [5, 5.41) is 13.4. The molecule has 0 radical (unpaired) electrons. The first-order valence-corrected chi connectivity index (χ1v) is 10.2. The summed E-state index contributed by atoms with van der Waals surface area (Å²) in [4.78, 5) is 24.4. The van der Waals surface area contributed by atoms with Crippen LogP contribution in [-0.4, -0.2) is 36.1 Å². The Hall–Kier alpha value is -2.58. The van der Waals surface area contributed by atoms with Crippen molar-refractivity contribution in [1.29, 1.82) is 0 Å². The second-order valence-corrected chi connectivity index (χ2v) is 8.51. The Labute approximate surface area is 174 Å². The monoisotopic (exact) mass is 417 g/mol. The zero-order valence-electron chi connectivity index (χ0n) is 17.6. The molecule has 0 spiro atoms. The minimum atomic E-state index is -0.799. The Morgan fingerprint density at radius 3 is 2.60 bits per heavy atom. The average Bonchev–Trinajstić information content (AvgIpc) is 3.52. The van der Waals surface area contributed by atoms with Gasteiger partial charge in [0.05, 0.1) is 17.1 Å². The van der Waals surface area contributed by atoms with Crippen molar-refractivity contribution in [1.82, 2.24) is 0 Å². The van der Waals surface area contributed by atoms with Crippen LogP contribution in [-0.2, 0) is 14.3 Å². The number of amides is 1. The van der Waals surface area contributed by atoms with Gasteiger partial charge in [-0.2, -0.15) is 0 Å². The van der Waals surface area contributed by atoms with Gasteiger partial charge in [0.25, 0.3) is 0 Å². The van der Waals surface area contributed by atoms with E-state index in [1.807, 2.05) is 13.8 Å². The third-order valence-corrected chi connectivity index (χ3v) is 5.86. The Kier molecular flexibility index (Phi) is 5.23. The van der Waals surface area contributed by atoms with E-state index in [1.54, 1.807) is 26.2 Å². The van der Waals surface area contributed by atoms with Crippen LogP contribution < -0.4 is 15.7 Å². The van der Waals surface area contributed by atoms with E-state index in [9.17, 15) is 14.7 Å². The molecule has 2 aromatic rings. The quantitative estimate of drug-likeness (QED) is 0.717. The van der Waals surface area contributed by atoms with Crippen LogP contribution in [0.3, 0.4) is 0 Å². The van der Waals surface area contributed by atoms with E-state index in [2.05, 4.69) is 5.32 Å². The van der Waals surface area contributed by atoms with Crippen molar-refractivity contribution < 1.29 is 28.5 Å². The third-order valence-electron chi connectivity index (χ3n) is 5.86. The predicted octanol–water partition coefficient (Wildman–Crippen LogP) is 3.46. The van der Waals surface area contributed by atoms with Gasteiger partial charge in [-0.3, -0.25) is 4.79 Å². The fourth-order valence-corrected chi connectivity index (χ4v) is 3.91. The van der Waals surface area contributed by atoms with Gasteiger partial charge < -0.3 is 29.1 Å². The molecule has 30 heavy (non-hydrogen) atoms. The highest BCUT2D eigenvalue weighted by molar-refractivity contribution is 5.99. The number of aromatic hydroxyl groups is 1. The molecule has 0 bridgehead atoms. The number of nitrogens with one attached hydrogen (secondary N) is 1. The van der Waals surface area contributed by atoms with E-state index in [0.29, 0.717) is 23.1 Å². The smallest absolute Gasteiger partial charge is 0.364 e. The molecule has 2 N–H and O–H groups in total. The van der Waals surface area contributed by atoms with Crippen molar-refractivity contribution in [3.05, 3.63) is 28.1 Å². The number of anilines is 1. The number of hydrogen-bond donors (Lipinski definition) is 2. The maximum absolute atomic E-state index is 12.4. The zero-order chi connectivity index (χ0) is 21.6. The van der Waals surface area contributed by atoms with Crippen LogP contribution in [0.1, 0.15) is 45.1 Å². The van der Waals surface area contributed by atoms with Gasteiger partial charge in [-0.25, -0.2) is 4.79 Å². The minimum absolute atomic E-state index is 0.0192. The van der Waals surface area contributed by atoms with Crippen LogP contribution in [0.15, 0.2) is 21.3 Å². The zero-order valence-corrected chi connectivity index (χ0v) is 17.6. The summed E-state index contributed by atoms with van der Waals surface area (Å²) in [6.07, 6.45) is 2.53. The number of carbonyl (C=O) groups is 1. The van der Waals surface area contributed by atoms with Gasteiger partial charge in [0.2, 0.25) is 12.2 Å². The second-order valence-electron chi connectivity index (χ2n) is 8.51. The number of ether oxygens (including phenoxy) is 3. The highest BCUT2D eigenvalue weighted by Crippen LogP contribution is 2.38. The largest absolute Gasteiger partial charge is 0.505 e. The normalized spacial score (nSPS) is 23.3. The van der Waals surface area contributed by atoms with Crippen molar-refractivity contribution >= 4 is 22.6 Å². The topological polar surface area (TPSA) is 107 Å². The van der Waals surface area contributed by atoms with Crippen molar-refractivity contribution in [2.24, 2.45) is 5.92 Å². The molecule has 2 fully saturated rings. The molecule has 8 nitrogen and oxygen atoms in total. The molecule has 1 saturated carbocycles. The Morgan fingerprint density at radius 2 is 1.97 bits per heavy atom. The number of aryl methyl sites for hydroxylation is 1. The van der Waals surface area contributed by atoms with Crippen molar-refractivity contribution in [2.75, 3.05) is 12.4 Å². The molecular weight excluding hydrogens is 390 g/mol. The number of benzene rings is 1. The lowest BCUT2D eigenvalue weighted by Crippen LogP contribution is -2.49. The lowest BCUT2D eigenvalue weighted by Gasteiger charge is -2.41. The molecule has 2 atom stereocenters. The number of hydrogen-bond acceptors (Lipinski definition) is 7. The Morgan fingerprint density at radius 1 is 1.23 bits per heavy atom. The lowest BCUT2D eigenvalue weighted by atomic mass is 9.94. The van der Waals surface area contributed by atoms with Crippen molar-refractivity contribution in [3.63, 3.8) is 0 Å². The SMILES string of the molecule is COC1CCC(Oc2ccc3c(O)c(NC(=O)C4CC4)c(=O)oc3c2C)OC1(C)C. The molecule has 1 aliphatic carbocycles. The summed E-state index contributed by atoms with van der Waals surface area (Å²) in [6.45, 7) is 5.66. The summed E-state index contributed by atoms with van der Waals surface area (Å²) >= 11 is 0. The third kappa shape index (κ3) is 3.77. The summed E-state index contributed by atoms with van der Waals surface area (Å²) < 4.78 is 23.0. The van der Waals surface area contributed by atoms with E-state index in [-0.39, 0.29) is 34.9 Å². The molecule has 2 aliphatic rings. The molecule has 1 aliphatic heterocycles. The van der Waals surface area contributed by atoms with Crippen molar-refractivity contribution in [2.45, 2.75) is 64.4 Å². The molecule has 2 heterocycles. The van der Waals surface area contributed by atoms with E-state index in [1.165, 1.54) is 0 Å². The Balaban J connectivity index is 1.61.